The van der Waals surface area contributed by atoms with Crippen LogP contribution in [0.3, 0.4) is 0 Å². The van der Waals surface area contributed by atoms with Gasteiger partial charge in [0.05, 0.1) is 33.9 Å². The van der Waals surface area contributed by atoms with Crippen LogP contribution in [0.25, 0.3) is 10.6 Å². The number of thiophene rings is 1. The minimum absolute atomic E-state index is 0.244. The third-order valence-corrected chi connectivity index (χ3v) is 8.35. The molecule has 1 N–H and O–H groups in total. The zero-order valence-electron chi connectivity index (χ0n) is 19.1. The first-order valence-electron chi connectivity index (χ1n) is 10.6. The van der Waals surface area contributed by atoms with E-state index in [0.29, 0.717) is 17.2 Å². The van der Waals surface area contributed by atoms with Gasteiger partial charge in [0.1, 0.15) is 10.8 Å². The predicted molar refractivity (Wildman–Crippen MR) is 127 cm³/mol. The van der Waals surface area contributed by atoms with Crippen molar-refractivity contribution >= 4 is 40.3 Å². The van der Waals surface area contributed by atoms with Gasteiger partial charge in [-0.3, -0.25) is 9.48 Å². The van der Waals surface area contributed by atoms with E-state index < -0.39 is 23.5 Å². The lowest BCUT2D eigenvalue weighted by atomic mass is 10.0. The fraction of sp³-hybridized carbons (Fsp3) is 0.318. The monoisotopic (exact) mass is 519 g/mol. The Hall–Kier alpha value is -3.32. The smallest absolute Gasteiger partial charge is 0.319 e. The van der Waals surface area contributed by atoms with Crippen LogP contribution >= 0.6 is 22.7 Å². The summed E-state index contributed by atoms with van der Waals surface area (Å²) in [6.45, 7) is 5.49. The number of nitrogens with one attached hydrogen (secondary N) is 1. The van der Waals surface area contributed by atoms with Gasteiger partial charge in [0.2, 0.25) is 5.95 Å². The Labute approximate surface area is 206 Å². The van der Waals surface area contributed by atoms with Gasteiger partial charge in [-0.05, 0) is 32.9 Å². The van der Waals surface area contributed by atoms with Crippen LogP contribution in [-0.2, 0) is 18.8 Å². The summed E-state index contributed by atoms with van der Waals surface area (Å²) < 4.78 is 40.8. The Morgan fingerprint density at radius 3 is 2.57 bits per heavy atom. The van der Waals surface area contributed by atoms with E-state index in [1.54, 1.807) is 54.1 Å². The fourth-order valence-electron chi connectivity index (χ4n) is 4.17. The molecule has 1 aliphatic rings. The van der Waals surface area contributed by atoms with Gasteiger partial charge in [0.15, 0.2) is 5.69 Å². The zero-order valence-corrected chi connectivity index (χ0v) is 20.7. The number of aromatic nitrogens is 5. The molecule has 35 heavy (non-hydrogen) atoms. The van der Waals surface area contributed by atoms with Crippen LogP contribution in [0.2, 0.25) is 0 Å². The summed E-state index contributed by atoms with van der Waals surface area (Å²) in [5, 5.41) is 8.45. The summed E-state index contributed by atoms with van der Waals surface area (Å²) in [5.41, 5.74) is -0.497. The van der Waals surface area contributed by atoms with Gasteiger partial charge in [-0.1, -0.05) is 0 Å². The van der Waals surface area contributed by atoms with Crippen molar-refractivity contribution in [2.45, 2.75) is 38.5 Å². The predicted octanol–water partition coefficient (Wildman–Crippen LogP) is 5.61. The van der Waals surface area contributed by atoms with Crippen LogP contribution in [0.1, 0.15) is 52.7 Å². The molecule has 5 heterocycles. The summed E-state index contributed by atoms with van der Waals surface area (Å²) >= 11 is 2.34. The molecule has 1 atom stereocenters. The Balaban J connectivity index is 1.43. The van der Waals surface area contributed by atoms with Gasteiger partial charge < -0.3 is 10.2 Å². The van der Waals surface area contributed by atoms with E-state index in [-0.39, 0.29) is 10.9 Å². The number of alkyl halides is 3. The second-order valence-electron chi connectivity index (χ2n) is 8.56. The maximum absolute atomic E-state index is 13.4. The van der Waals surface area contributed by atoms with E-state index in [1.807, 2.05) is 13.8 Å². The van der Waals surface area contributed by atoms with Gasteiger partial charge >= 0.3 is 6.18 Å². The van der Waals surface area contributed by atoms with Gasteiger partial charge in [-0.15, -0.1) is 22.7 Å². The maximum atomic E-state index is 13.4. The average molecular weight is 520 g/mol. The molecule has 1 amide bonds. The lowest BCUT2D eigenvalue weighted by Gasteiger charge is -2.36. The Morgan fingerprint density at radius 2 is 1.94 bits per heavy atom. The molecule has 0 unspecified atom stereocenters. The van der Waals surface area contributed by atoms with E-state index in [2.05, 4.69) is 25.4 Å². The molecule has 0 aliphatic carbocycles. The Morgan fingerprint density at radius 1 is 1.17 bits per heavy atom. The molecule has 182 valence electrons. The first-order chi connectivity index (χ1) is 16.5. The van der Waals surface area contributed by atoms with Crippen LogP contribution in [0, 0.1) is 0 Å². The second kappa shape index (κ2) is 8.12. The van der Waals surface area contributed by atoms with E-state index in [4.69, 9.17) is 0 Å². The highest BCUT2D eigenvalue weighted by Gasteiger charge is 2.48. The van der Waals surface area contributed by atoms with Crippen molar-refractivity contribution in [2.24, 2.45) is 7.05 Å². The number of carbonyl (C=O) groups excluding carboxylic acids is 1. The molecule has 0 spiro atoms. The van der Waals surface area contributed by atoms with Crippen molar-refractivity contribution in [3.63, 3.8) is 0 Å². The molecular formula is C22H20F3N7OS2. The van der Waals surface area contributed by atoms with Crippen LogP contribution in [0.15, 0.2) is 36.0 Å². The second-order valence-corrected chi connectivity index (χ2v) is 10.5. The average Bonchev–Trinajstić information content (AvgIpc) is 3.55. The number of aryl methyl sites for hydroxylation is 1. The van der Waals surface area contributed by atoms with Crippen molar-refractivity contribution < 1.29 is 18.0 Å². The number of hydrogen-bond donors (Lipinski definition) is 1. The third kappa shape index (κ3) is 3.97. The largest absolute Gasteiger partial charge is 0.434 e. The summed E-state index contributed by atoms with van der Waals surface area (Å²) in [4.78, 5) is 29.2. The van der Waals surface area contributed by atoms with E-state index in [0.717, 1.165) is 32.3 Å². The van der Waals surface area contributed by atoms with Crippen molar-refractivity contribution in [1.29, 1.82) is 0 Å². The molecule has 1 aliphatic heterocycles. The normalized spacial score (nSPS) is 16.0. The quantitative estimate of drug-likeness (QED) is 0.369. The molecular weight excluding hydrogens is 499 g/mol. The number of halogens is 3. The molecule has 0 saturated carbocycles. The first-order valence-corrected chi connectivity index (χ1v) is 12.3. The molecule has 4 aromatic rings. The molecule has 4 aromatic heterocycles. The van der Waals surface area contributed by atoms with Gasteiger partial charge in [-0.25, -0.2) is 15.0 Å². The fourth-order valence-corrected chi connectivity index (χ4v) is 6.26. The summed E-state index contributed by atoms with van der Waals surface area (Å²) in [5.74, 6) is 0.878. The summed E-state index contributed by atoms with van der Waals surface area (Å²) in [6, 6.07) is 4.74. The lowest BCUT2D eigenvalue weighted by Crippen LogP contribution is -2.40. The molecule has 0 bridgehead atoms. The minimum Gasteiger partial charge on any atom is -0.319 e. The van der Waals surface area contributed by atoms with Crippen LogP contribution in [-0.4, -0.2) is 35.5 Å². The minimum atomic E-state index is -4.52. The highest BCUT2D eigenvalue weighted by Crippen LogP contribution is 2.49. The number of amides is 1. The van der Waals surface area contributed by atoms with Gasteiger partial charge in [0.25, 0.3) is 5.91 Å². The van der Waals surface area contributed by atoms with Crippen LogP contribution < -0.4 is 5.32 Å². The molecule has 0 saturated heterocycles. The van der Waals surface area contributed by atoms with E-state index >= 15 is 0 Å². The Kier molecular flexibility index (Phi) is 5.44. The topological polar surface area (TPSA) is 88.8 Å². The summed E-state index contributed by atoms with van der Waals surface area (Å²) in [7, 11) is 1.80. The highest BCUT2D eigenvalue weighted by atomic mass is 32.1. The van der Waals surface area contributed by atoms with Crippen molar-refractivity contribution in [1.82, 2.24) is 29.6 Å². The molecule has 8 nitrogen and oxygen atoms in total. The van der Waals surface area contributed by atoms with Gasteiger partial charge in [0, 0.05) is 29.6 Å². The number of hydrogen-bond acceptors (Lipinski definition) is 8. The van der Waals surface area contributed by atoms with Crippen molar-refractivity contribution in [2.75, 3.05) is 5.32 Å². The molecule has 5 rings (SSSR count). The first kappa shape index (κ1) is 23.4. The molecule has 0 aromatic carbocycles. The molecule has 0 fully saturated rings. The van der Waals surface area contributed by atoms with Crippen molar-refractivity contribution in [3.05, 3.63) is 57.1 Å². The van der Waals surface area contributed by atoms with Crippen LogP contribution in [0.5, 0.6) is 0 Å². The summed E-state index contributed by atoms with van der Waals surface area (Å²) in [6.07, 6.45) is -1.23. The Bertz CT molecular complexity index is 1420. The number of nitrogens with zero attached hydrogens (tertiary/aromatic N) is 6. The number of fused-ring (bicyclic) bond motifs is 1. The number of anilines is 2. The zero-order chi connectivity index (χ0) is 25.1. The SMILES string of the molecule is C[C@@H](c1nc(C(F)(F)F)cs1)N1C(=O)c2cc(-c3ccnc(Nc4ccnn4C)n3)sc2C1(C)C. The maximum Gasteiger partial charge on any atom is 0.434 e. The van der Waals surface area contributed by atoms with E-state index in [1.165, 1.54) is 11.3 Å². The third-order valence-electron chi connectivity index (χ3n) is 5.87. The van der Waals surface area contributed by atoms with Gasteiger partial charge in [-0.2, -0.15) is 18.3 Å². The number of thiazole rings is 1. The van der Waals surface area contributed by atoms with Crippen molar-refractivity contribution in [3.8, 4) is 10.6 Å². The van der Waals surface area contributed by atoms with Crippen LogP contribution in [0.4, 0.5) is 24.9 Å². The number of rotatable bonds is 5. The molecule has 13 heteroatoms. The lowest BCUT2D eigenvalue weighted by molar-refractivity contribution is -0.140. The standard InChI is InChI=1S/C22H20F3N7OS2/c1-11(18-29-15(10-34-18)22(23,24)25)32-19(33)12-9-14(35-17(12)21(32,2)3)13-5-7-26-20(28-13)30-16-6-8-27-31(16)4/h5-11H,1-4H3,(H,26,28,30)/t11-/m0/s1. The molecule has 0 radical (unpaired) electrons. The van der Waals surface area contributed by atoms with E-state index in [9.17, 15) is 18.0 Å². The number of carbonyl (C=O) groups is 1. The highest BCUT2D eigenvalue weighted by molar-refractivity contribution is 7.16.